The fourth-order valence-corrected chi connectivity index (χ4v) is 5.40. The topological polar surface area (TPSA) is 80.4 Å². The molecule has 0 aliphatic carbocycles. The highest BCUT2D eigenvalue weighted by molar-refractivity contribution is 7.21. The van der Waals surface area contributed by atoms with E-state index < -0.39 is 0 Å². The minimum atomic E-state index is -0.295. The standard InChI is InChI=1S/C25H23FN4O2S/c1-15-13-17(7-9-20(15)26)28-22-19-8-10-21(31)30(18-5-3-2-4-6-18)25(19)33-23(22)24(32)29-12-11-16(27)14-29/h2-10,13,16,28H,11-12,14,27H2,1H3/t16-/m0/s1. The number of carbonyl (C=O) groups is 1. The van der Waals surface area contributed by atoms with Gasteiger partial charge in [0.25, 0.3) is 11.5 Å². The van der Waals surface area contributed by atoms with Crippen molar-refractivity contribution in [2.45, 2.75) is 19.4 Å². The molecule has 1 fully saturated rings. The van der Waals surface area contributed by atoms with Crippen LogP contribution in [0.5, 0.6) is 0 Å². The molecule has 2 aromatic heterocycles. The first-order chi connectivity index (χ1) is 15.9. The normalized spacial score (nSPS) is 15.8. The van der Waals surface area contributed by atoms with Crippen LogP contribution >= 0.6 is 11.3 Å². The summed E-state index contributed by atoms with van der Waals surface area (Å²) in [6.07, 6.45) is 0.755. The van der Waals surface area contributed by atoms with Crippen molar-refractivity contribution in [1.82, 2.24) is 9.47 Å². The zero-order valence-corrected chi connectivity index (χ0v) is 18.9. The molecule has 1 aliphatic rings. The third-order valence-corrected chi connectivity index (χ3v) is 7.07. The van der Waals surface area contributed by atoms with Gasteiger partial charge in [-0.05, 0) is 55.3 Å². The number of anilines is 2. The van der Waals surface area contributed by atoms with Crippen LogP contribution in [-0.2, 0) is 0 Å². The van der Waals surface area contributed by atoms with Gasteiger partial charge >= 0.3 is 0 Å². The lowest BCUT2D eigenvalue weighted by Crippen LogP contribution is -2.31. The highest BCUT2D eigenvalue weighted by Crippen LogP contribution is 2.39. The van der Waals surface area contributed by atoms with E-state index in [1.165, 1.54) is 23.5 Å². The molecule has 0 radical (unpaired) electrons. The summed E-state index contributed by atoms with van der Waals surface area (Å²) in [5.41, 5.74) is 8.36. The maximum atomic E-state index is 13.8. The summed E-state index contributed by atoms with van der Waals surface area (Å²) in [5, 5.41) is 4.07. The molecule has 3 heterocycles. The summed E-state index contributed by atoms with van der Waals surface area (Å²) >= 11 is 1.28. The minimum absolute atomic E-state index is 0.0398. The van der Waals surface area contributed by atoms with E-state index in [4.69, 9.17) is 5.73 Å². The lowest BCUT2D eigenvalue weighted by atomic mass is 10.2. The number of halogens is 1. The minimum Gasteiger partial charge on any atom is -0.354 e. The Morgan fingerprint density at radius 2 is 1.94 bits per heavy atom. The van der Waals surface area contributed by atoms with Gasteiger partial charge in [0.15, 0.2) is 0 Å². The summed E-state index contributed by atoms with van der Waals surface area (Å²) < 4.78 is 15.4. The number of fused-ring (bicyclic) bond motifs is 1. The number of thiophene rings is 1. The van der Waals surface area contributed by atoms with Gasteiger partial charge in [-0.2, -0.15) is 0 Å². The number of amides is 1. The second kappa shape index (κ2) is 8.46. The van der Waals surface area contributed by atoms with Crippen molar-refractivity contribution in [3.8, 4) is 5.69 Å². The maximum Gasteiger partial charge on any atom is 0.266 e. The van der Waals surface area contributed by atoms with Crippen LogP contribution in [0.1, 0.15) is 21.7 Å². The second-order valence-electron chi connectivity index (χ2n) is 8.26. The maximum absolute atomic E-state index is 13.8. The third kappa shape index (κ3) is 3.92. The number of benzene rings is 2. The monoisotopic (exact) mass is 462 g/mol. The van der Waals surface area contributed by atoms with Gasteiger partial charge in [-0.1, -0.05) is 18.2 Å². The van der Waals surface area contributed by atoms with Crippen molar-refractivity contribution in [2.24, 2.45) is 5.73 Å². The van der Waals surface area contributed by atoms with E-state index in [0.29, 0.717) is 39.7 Å². The van der Waals surface area contributed by atoms with E-state index in [9.17, 15) is 14.0 Å². The average molecular weight is 463 g/mol. The first-order valence-electron chi connectivity index (χ1n) is 10.7. The molecule has 0 unspecified atom stereocenters. The molecule has 8 heteroatoms. The summed E-state index contributed by atoms with van der Waals surface area (Å²) in [7, 11) is 0. The van der Waals surface area contributed by atoms with Gasteiger partial charge in [-0.3, -0.25) is 14.2 Å². The van der Waals surface area contributed by atoms with Crippen LogP contribution in [-0.4, -0.2) is 34.5 Å². The molecule has 1 saturated heterocycles. The molecule has 4 aromatic rings. The second-order valence-corrected chi connectivity index (χ2v) is 9.26. The Balaban J connectivity index is 1.71. The number of para-hydroxylation sites is 1. The van der Waals surface area contributed by atoms with E-state index in [0.717, 1.165) is 17.5 Å². The van der Waals surface area contributed by atoms with Crippen LogP contribution in [0.2, 0.25) is 0 Å². The largest absolute Gasteiger partial charge is 0.354 e. The number of aryl methyl sites for hydroxylation is 1. The third-order valence-electron chi connectivity index (χ3n) is 5.89. The van der Waals surface area contributed by atoms with E-state index >= 15 is 0 Å². The van der Waals surface area contributed by atoms with Crippen LogP contribution in [0.25, 0.3) is 15.9 Å². The number of nitrogens with one attached hydrogen (secondary N) is 1. The molecular formula is C25H23FN4O2S. The number of nitrogens with two attached hydrogens (primary N) is 1. The Hall–Kier alpha value is -3.49. The molecule has 1 atom stereocenters. The van der Waals surface area contributed by atoms with Gasteiger partial charge in [0.05, 0.1) is 11.4 Å². The average Bonchev–Trinajstić information content (AvgIpc) is 3.40. The van der Waals surface area contributed by atoms with Crippen molar-refractivity contribution < 1.29 is 9.18 Å². The fourth-order valence-electron chi connectivity index (χ4n) is 4.16. The lowest BCUT2D eigenvalue weighted by molar-refractivity contribution is 0.0796. The van der Waals surface area contributed by atoms with Crippen LogP contribution in [0, 0.1) is 12.7 Å². The number of hydrogen-bond acceptors (Lipinski definition) is 5. The molecule has 1 aliphatic heterocycles. The number of nitrogens with zero attached hydrogens (tertiary/aromatic N) is 2. The first-order valence-corrected chi connectivity index (χ1v) is 11.6. The predicted molar refractivity (Wildman–Crippen MR) is 130 cm³/mol. The molecule has 2 aromatic carbocycles. The van der Waals surface area contributed by atoms with Gasteiger partial charge < -0.3 is 16.0 Å². The van der Waals surface area contributed by atoms with E-state index in [-0.39, 0.29) is 23.3 Å². The zero-order valence-electron chi connectivity index (χ0n) is 18.0. The molecular weight excluding hydrogens is 439 g/mol. The number of aromatic nitrogens is 1. The lowest BCUT2D eigenvalue weighted by Gasteiger charge is -2.16. The number of pyridine rings is 1. The van der Waals surface area contributed by atoms with Crippen molar-refractivity contribution in [2.75, 3.05) is 18.4 Å². The molecule has 33 heavy (non-hydrogen) atoms. The number of hydrogen-bond donors (Lipinski definition) is 2. The number of likely N-dealkylation sites (tertiary alicyclic amines) is 1. The molecule has 3 N–H and O–H groups in total. The molecule has 6 nitrogen and oxygen atoms in total. The summed E-state index contributed by atoms with van der Waals surface area (Å²) in [6.45, 7) is 2.78. The van der Waals surface area contributed by atoms with Crippen LogP contribution in [0.3, 0.4) is 0 Å². The van der Waals surface area contributed by atoms with Gasteiger partial charge in [-0.25, -0.2) is 4.39 Å². The van der Waals surface area contributed by atoms with Crippen molar-refractivity contribution in [1.29, 1.82) is 0 Å². The fraction of sp³-hybridized carbons (Fsp3) is 0.200. The molecule has 0 saturated carbocycles. The SMILES string of the molecule is Cc1cc(Nc2c(C(=O)N3CC[C@H](N)C3)sc3c2ccc(=O)n3-c2ccccc2)ccc1F. The first kappa shape index (κ1) is 21.4. The molecule has 0 bridgehead atoms. The smallest absolute Gasteiger partial charge is 0.266 e. The highest BCUT2D eigenvalue weighted by atomic mass is 32.1. The predicted octanol–water partition coefficient (Wildman–Crippen LogP) is 4.42. The van der Waals surface area contributed by atoms with Gasteiger partial charge in [-0.15, -0.1) is 11.3 Å². The molecule has 5 rings (SSSR count). The van der Waals surface area contributed by atoms with Crippen molar-refractivity contribution >= 4 is 38.8 Å². The van der Waals surface area contributed by atoms with Crippen LogP contribution in [0.15, 0.2) is 65.5 Å². The quantitative estimate of drug-likeness (QED) is 0.471. The zero-order chi connectivity index (χ0) is 23.1. The molecule has 0 spiro atoms. The van der Waals surface area contributed by atoms with Crippen molar-refractivity contribution in [3.63, 3.8) is 0 Å². The Bertz CT molecular complexity index is 1410. The van der Waals surface area contributed by atoms with E-state index in [1.807, 2.05) is 30.3 Å². The Kier molecular flexibility index (Phi) is 5.47. The molecule has 168 valence electrons. The van der Waals surface area contributed by atoms with Crippen molar-refractivity contribution in [3.05, 3.63) is 87.3 Å². The van der Waals surface area contributed by atoms with Gasteiger partial charge in [0.2, 0.25) is 0 Å². The Morgan fingerprint density at radius 3 is 2.64 bits per heavy atom. The number of carbonyl (C=O) groups excluding carboxylic acids is 1. The van der Waals surface area contributed by atoms with Gasteiger partial charge in [0, 0.05) is 36.3 Å². The van der Waals surface area contributed by atoms with E-state index in [2.05, 4.69) is 5.32 Å². The van der Waals surface area contributed by atoms with Gasteiger partial charge in [0.1, 0.15) is 15.5 Å². The van der Waals surface area contributed by atoms with Crippen LogP contribution < -0.4 is 16.6 Å². The molecule has 1 amide bonds. The summed E-state index contributed by atoms with van der Waals surface area (Å²) in [4.78, 5) is 29.3. The highest BCUT2D eigenvalue weighted by Gasteiger charge is 2.29. The Labute approximate surface area is 194 Å². The van der Waals surface area contributed by atoms with Crippen LogP contribution in [0.4, 0.5) is 15.8 Å². The number of rotatable bonds is 4. The Morgan fingerprint density at radius 1 is 1.15 bits per heavy atom. The summed E-state index contributed by atoms with van der Waals surface area (Å²) in [6, 6.07) is 17.3. The van der Waals surface area contributed by atoms with E-state index in [1.54, 1.807) is 34.6 Å². The summed E-state index contributed by atoms with van der Waals surface area (Å²) in [5.74, 6) is -0.423.